The SMILES string of the molecule is CC(C)N1C(=O)CC(NCc2cncs2)C1=O. The molecule has 1 aliphatic rings. The molecule has 0 spiro atoms. The summed E-state index contributed by atoms with van der Waals surface area (Å²) in [5, 5.41) is 3.11. The maximum Gasteiger partial charge on any atom is 0.247 e. The number of aromatic nitrogens is 1. The number of amides is 2. The maximum absolute atomic E-state index is 11.9. The summed E-state index contributed by atoms with van der Waals surface area (Å²) in [7, 11) is 0. The standard InChI is InChI=1S/C11H15N3O2S/c1-7(2)14-10(15)3-9(11(14)16)13-5-8-4-12-6-17-8/h4,6-7,9,13H,3,5H2,1-2H3. The van der Waals surface area contributed by atoms with Crippen LogP contribution in [0, 0.1) is 0 Å². The second-order valence-electron chi connectivity index (χ2n) is 4.30. The Balaban J connectivity index is 1.95. The summed E-state index contributed by atoms with van der Waals surface area (Å²) in [6.07, 6.45) is 2.02. The Kier molecular flexibility index (Phi) is 3.54. The Morgan fingerprint density at radius 2 is 2.35 bits per heavy atom. The van der Waals surface area contributed by atoms with Crippen molar-refractivity contribution in [3.8, 4) is 0 Å². The summed E-state index contributed by atoms with van der Waals surface area (Å²) in [4.78, 5) is 30.0. The Morgan fingerprint density at radius 3 is 2.88 bits per heavy atom. The summed E-state index contributed by atoms with van der Waals surface area (Å²) < 4.78 is 0. The van der Waals surface area contributed by atoms with Gasteiger partial charge in [-0.2, -0.15) is 0 Å². The molecule has 6 heteroatoms. The predicted octanol–water partition coefficient (Wildman–Crippen LogP) is 0.769. The topological polar surface area (TPSA) is 62.3 Å². The van der Waals surface area contributed by atoms with Crippen molar-refractivity contribution in [1.29, 1.82) is 0 Å². The van der Waals surface area contributed by atoms with E-state index in [1.54, 1.807) is 11.7 Å². The lowest BCUT2D eigenvalue weighted by Crippen LogP contribution is -2.41. The lowest BCUT2D eigenvalue weighted by atomic mass is 10.2. The monoisotopic (exact) mass is 253 g/mol. The second-order valence-corrected chi connectivity index (χ2v) is 5.27. The average molecular weight is 253 g/mol. The molecule has 2 rings (SSSR count). The van der Waals surface area contributed by atoms with Crippen molar-refractivity contribution in [3.63, 3.8) is 0 Å². The van der Waals surface area contributed by atoms with Crippen LogP contribution in [0.3, 0.4) is 0 Å². The molecule has 1 aromatic rings. The van der Waals surface area contributed by atoms with Gasteiger partial charge in [-0.25, -0.2) is 0 Å². The minimum atomic E-state index is -0.382. The summed E-state index contributed by atoms with van der Waals surface area (Å²) in [6.45, 7) is 4.28. The third-order valence-electron chi connectivity index (χ3n) is 2.71. The zero-order valence-corrected chi connectivity index (χ0v) is 10.7. The minimum absolute atomic E-state index is 0.0646. The van der Waals surface area contributed by atoms with E-state index in [0.29, 0.717) is 6.54 Å². The fraction of sp³-hybridized carbons (Fsp3) is 0.545. The predicted molar refractivity (Wildman–Crippen MR) is 64.3 cm³/mol. The zero-order chi connectivity index (χ0) is 12.4. The van der Waals surface area contributed by atoms with Crippen LogP contribution in [0.4, 0.5) is 0 Å². The first-order valence-electron chi connectivity index (χ1n) is 5.56. The van der Waals surface area contributed by atoms with Gasteiger partial charge in [-0.15, -0.1) is 11.3 Å². The molecule has 0 aliphatic carbocycles. The van der Waals surface area contributed by atoms with Gasteiger partial charge in [0.1, 0.15) is 0 Å². The van der Waals surface area contributed by atoms with Gasteiger partial charge in [0, 0.05) is 23.7 Å². The molecular formula is C11H15N3O2S. The van der Waals surface area contributed by atoms with Crippen LogP contribution in [-0.4, -0.2) is 33.8 Å². The zero-order valence-electron chi connectivity index (χ0n) is 9.84. The van der Waals surface area contributed by atoms with Crippen LogP contribution < -0.4 is 5.32 Å². The van der Waals surface area contributed by atoms with Crippen molar-refractivity contribution in [2.45, 2.75) is 38.9 Å². The molecule has 1 aromatic heterocycles. The molecule has 2 amide bonds. The van der Waals surface area contributed by atoms with Gasteiger partial charge >= 0.3 is 0 Å². The summed E-state index contributed by atoms with van der Waals surface area (Å²) in [6, 6.07) is -0.447. The molecule has 1 unspecified atom stereocenters. The van der Waals surface area contributed by atoms with E-state index < -0.39 is 0 Å². The number of carbonyl (C=O) groups is 2. The molecule has 1 N–H and O–H groups in total. The molecular weight excluding hydrogens is 238 g/mol. The number of likely N-dealkylation sites (tertiary alicyclic amines) is 1. The third-order valence-corrected chi connectivity index (χ3v) is 3.49. The Hall–Kier alpha value is -1.27. The van der Waals surface area contributed by atoms with Gasteiger partial charge in [0.25, 0.3) is 0 Å². The Labute approximate surface area is 104 Å². The van der Waals surface area contributed by atoms with Crippen molar-refractivity contribution in [2.24, 2.45) is 0 Å². The van der Waals surface area contributed by atoms with E-state index >= 15 is 0 Å². The van der Waals surface area contributed by atoms with Crippen molar-refractivity contribution in [3.05, 3.63) is 16.6 Å². The minimum Gasteiger partial charge on any atom is -0.300 e. The summed E-state index contributed by atoms with van der Waals surface area (Å²) >= 11 is 1.53. The van der Waals surface area contributed by atoms with Crippen molar-refractivity contribution in [2.75, 3.05) is 0 Å². The van der Waals surface area contributed by atoms with E-state index in [4.69, 9.17) is 0 Å². The van der Waals surface area contributed by atoms with E-state index in [-0.39, 0.29) is 30.3 Å². The van der Waals surface area contributed by atoms with Gasteiger partial charge in [0.05, 0.1) is 18.0 Å². The lowest BCUT2D eigenvalue weighted by Gasteiger charge is -2.19. The molecule has 17 heavy (non-hydrogen) atoms. The number of imide groups is 1. The highest BCUT2D eigenvalue weighted by Gasteiger charge is 2.39. The smallest absolute Gasteiger partial charge is 0.247 e. The van der Waals surface area contributed by atoms with Crippen LogP contribution in [0.2, 0.25) is 0 Å². The fourth-order valence-corrected chi connectivity index (χ4v) is 2.45. The van der Waals surface area contributed by atoms with Gasteiger partial charge in [-0.3, -0.25) is 19.5 Å². The van der Waals surface area contributed by atoms with E-state index in [0.717, 1.165) is 4.88 Å². The number of nitrogens with zero attached hydrogens (tertiary/aromatic N) is 2. The third kappa shape index (κ3) is 2.53. The summed E-state index contributed by atoms with van der Waals surface area (Å²) in [5.41, 5.74) is 1.75. The van der Waals surface area contributed by atoms with E-state index in [2.05, 4.69) is 10.3 Å². The fourth-order valence-electron chi connectivity index (χ4n) is 1.91. The number of rotatable bonds is 4. The molecule has 0 aromatic carbocycles. The van der Waals surface area contributed by atoms with Crippen molar-refractivity contribution in [1.82, 2.24) is 15.2 Å². The molecule has 1 fully saturated rings. The molecule has 1 aliphatic heterocycles. The van der Waals surface area contributed by atoms with Gasteiger partial charge in [0.15, 0.2) is 0 Å². The molecule has 2 heterocycles. The molecule has 92 valence electrons. The van der Waals surface area contributed by atoms with Crippen LogP contribution in [0.5, 0.6) is 0 Å². The van der Waals surface area contributed by atoms with Crippen molar-refractivity contribution >= 4 is 23.2 Å². The highest BCUT2D eigenvalue weighted by Crippen LogP contribution is 2.17. The van der Waals surface area contributed by atoms with Gasteiger partial charge in [-0.05, 0) is 13.8 Å². The number of hydrogen-bond acceptors (Lipinski definition) is 5. The van der Waals surface area contributed by atoms with E-state index in [1.807, 2.05) is 13.8 Å². The van der Waals surface area contributed by atoms with Crippen LogP contribution in [0.15, 0.2) is 11.7 Å². The number of nitrogens with one attached hydrogen (secondary N) is 1. The van der Waals surface area contributed by atoms with Crippen LogP contribution in [0.25, 0.3) is 0 Å². The molecule has 0 bridgehead atoms. The van der Waals surface area contributed by atoms with Crippen LogP contribution >= 0.6 is 11.3 Å². The van der Waals surface area contributed by atoms with Gasteiger partial charge in [0.2, 0.25) is 11.8 Å². The number of carbonyl (C=O) groups excluding carboxylic acids is 2. The normalized spacial score (nSPS) is 20.6. The van der Waals surface area contributed by atoms with Crippen LogP contribution in [-0.2, 0) is 16.1 Å². The van der Waals surface area contributed by atoms with Crippen LogP contribution in [0.1, 0.15) is 25.1 Å². The van der Waals surface area contributed by atoms with E-state index in [1.165, 1.54) is 16.2 Å². The largest absolute Gasteiger partial charge is 0.300 e. The molecule has 0 radical (unpaired) electrons. The van der Waals surface area contributed by atoms with Gasteiger partial charge in [-0.1, -0.05) is 0 Å². The summed E-state index contributed by atoms with van der Waals surface area (Å²) in [5.74, 6) is -0.207. The quantitative estimate of drug-likeness (QED) is 0.805. The molecule has 0 saturated carbocycles. The maximum atomic E-state index is 11.9. The number of hydrogen-bond donors (Lipinski definition) is 1. The number of thiazole rings is 1. The van der Waals surface area contributed by atoms with Crippen molar-refractivity contribution < 1.29 is 9.59 Å². The average Bonchev–Trinajstić information content (AvgIpc) is 2.84. The van der Waals surface area contributed by atoms with Gasteiger partial charge < -0.3 is 5.32 Å². The molecule has 1 atom stereocenters. The highest BCUT2D eigenvalue weighted by molar-refractivity contribution is 7.09. The lowest BCUT2D eigenvalue weighted by molar-refractivity contribution is -0.140. The first-order valence-corrected chi connectivity index (χ1v) is 6.44. The molecule has 5 nitrogen and oxygen atoms in total. The second kappa shape index (κ2) is 4.93. The highest BCUT2D eigenvalue weighted by atomic mass is 32.1. The van der Waals surface area contributed by atoms with E-state index in [9.17, 15) is 9.59 Å². The first-order chi connectivity index (χ1) is 8.09. The Morgan fingerprint density at radius 1 is 1.59 bits per heavy atom. The first kappa shape index (κ1) is 12.2. The Bertz CT molecular complexity index is 416. The molecule has 1 saturated heterocycles.